The zero-order valence-corrected chi connectivity index (χ0v) is 14.8. The average Bonchev–Trinajstić information content (AvgIpc) is 2.86. The van der Waals surface area contributed by atoms with Crippen LogP contribution < -0.4 is 10.2 Å². The van der Waals surface area contributed by atoms with Crippen LogP contribution in [0.1, 0.15) is 39.7 Å². The maximum absolute atomic E-state index is 12.3. The molecule has 128 valence electrons. The fourth-order valence-electron chi connectivity index (χ4n) is 2.65. The second kappa shape index (κ2) is 7.21. The summed E-state index contributed by atoms with van der Waals surface area (Å²) in [7, 11) is 1.72. The number of carbonyl (C=O) groups excluding carboxylic acids is 1. The standard InChI is InChI=1S/C18H28N2O3/c1-13(9-11-22-5)19-15-6-7-16-14(12-15)8-10-20(16)17(21)23-18(2,3)4/h6-7,12-13,19H,8-11H2,1-5H3. The van der Waals surface area contributed by atoms with Crippen LogP contribution in [0.3, 0.4) is 0 Å². The normalized spacial score (nSPS) is 15.3. The molecule has 0 saturated heterocycles. The maximum atomic E-state index is 12.3. The van der Waals surface area contributed by atoms with Gasteiger partial charge in [0.15, 0.2) is 0 Å². The molecule has 1 amide bonds. The van der Waals surface area contributed by atoms with E-state index in [0.717, 1.165) is 30.8 Å². The van der Waals surface area contributed by atoms with Crippen LogP contribution in [0.15, 0.2) is 18.2 Å². The molecular weight excluding hydrogens is 292 g/mol. The van der Waals surface area contributed by atoms with Crippen molar-refractivity contribution >= 4 is 17.5 Å². The van der Waals surface area contributed by atoms with Crippen molar-refractivity contribution in [1.29, 1.82) is 0 Å². The Balaban J connectivity index is 2.04. The molecule has 0 saturated carbocycles. The third kappa shape index (κ3) is 4.86. The Bertz CT molecular complexity index is 552. The quantitative estimate of drug-likeness (QED) is 0.896. The van der Waals surface area contributed by atoms with Gasteiger partial charge in [0.2, 0.25) is 0 Å². The van der Waals surface area contributed by atoms with Gasteiger partial charge in [0.25, 0.3) is 0 Å². The van der Waals surface area contributed by atoms with Crippen LogP contribution >= 0.6 is 0 Å². The van der Waals surface area contributed by atoms with Crippen molar-refractivity contribution in [2.75, 3.05) is 30.5 Å². The van der Waals surface area contributed by atoms with Gasteiger partial charge in [-0.15, -0.1) is 0 Å². The number of nitrogens with zero attached hydrogens (tertiary/aromatic N) is 1. The van der Waals surface area contributed by atoms with E-state index >= 15 is 0 Å². The summed E-state index contributed by atoms with van der Waals surface area (Å²) in [5.74, 6) is 0. The third-order valence-electron chi connectivity index (χ3n) is 3.76. The van der Waals surface area contributed by atoms with Crippen LogP contribution in [-0.4, -0.2) is 38.0 Å². The van der Waals surface area contributed by atoms with Gasteiger partial charge in [-0.1, -0.05) is 0 Å². The molecule has 23 heavy (non-hydrogen) atoms. The highest BCUT2D eigenvalue weighted by Crippen LogP contribution is 2.31. The Morgan fingerprint density at radius 1 is 1.39 bits per heavy atom. The largest absolute Gasteiger partial charge is 0.443 e. The van der Waals surface area contributed by atoms with E-state index in [1.165, 1.54) is 5.56 Å². The predicted molar refractivity (Wildman–Crippen MR) is 93.3 cm³/mol. The fraction of sp³-hybridized carbons (Fsp3) is 0.611. The Morgan fingerprint density at radius 2 is 2.13 bits per heavy atom. The molecule has 1 unspecified atom stereocenters. The van der Waals surface area contributed by atoms with Crippen LogP contribution in [0.25, 0.3) is 0 Å². The summed E-state index contributed by atoms with van der Waals surface area (Å²) in [5, 5.41) is 3.47. The van der Waals surface area contributed by atoms with Crippen molar-refractivity contribution in [3.05, 3.63) is 23.8 Å². The number of fused-ring (bicyclic) bond motifs is 1. The number of ether oxygens (including phenoxy) is 2. The fourth-order valence-corrected chi connectivity index (χ4v) is 2.65. The van der Waals surface area contributed by atoms with Crippen LogP contribution in [0.5, 0.6) is 0 Å². The first-order chi connectivity index (χ1) is 10.8. The molecule has 0 aliphatic carbocycles. The van der Waals surface area contributed by atoms with E-state index in [2.05, 4.69) is 18.3 Å². The van der Waals surface area contributed by atoms with Crippen LogP contribution in [-0.2, 0) is 15.9 Å². The average molecular weight is 320 g/mol. The zero-order chi connectivity index (χ0) is 17.0. The van der Waals surface area contributed by atoms with Crippen molar-refractivity contribution in [2.24, 2.45) is 0 Å². The van der Waals surface area contributed by atoms with E-state index in [1.807, 2.05) is 32.9 Å². The number of methoxy groups -OCH3 is 1. The molecule has 1 N–H and O–H groups in total. The first-order valence-corrected chi connectivity index (χ1v) is 8.19. The van der Waals surface area contributed by atoms with E-state index in [9.17, 15) is 4.79 Å². The third-order valence-corrected chi connectivity index (χ3v) is 3.76. The predicted octanol–water partition coefficient (Wildman–Crippen LogP) is 3.82. The lowest BCUT2D eigenvalue weighted by Gasteiger charge is -2.25. The van der Waals surface area contributed by atoms with Gasteiger partial charge in [-0.2, -0.15) is 0 Å². The molecule has 1 aliphatic heterocycles. The molecular formula is C18H28N2O3. The summed E-state index contributed by atoms with van der Waals surface area (Å²) < 4.78 is 10.6. The number of rotatable bonds is 5. The number of nitrogens with one attached hydrogen (secondary N) is 1. The molecule has 0 spiro atoms. The van der Waals surface area contributed by atoms with E-state index < -0.39 is 5.60 Å². The van der Waals surface area contributed by atoms with Crippen molar-refractivity contribution in [3.63, 3.8) is 0 Å². The van der Waals surface area contributed by atoms with E-state index in [4.69, 9.17) is 9.47 Å². The van der Waals surface area contributed by atoms with Gasteiger partial charge in [0.1, 0.15) is 5.60 Å². The Labute approximate surface area is 139 Å². The molecule has 1 aliphatic rings. The molecule has 1 aromatic rings. The Morgan fingerprint density at radius 3 is 2.78 bits per heavy atom. The summed E-state index contributed by atoms with van der Waals surface area (Å²) >= 11 is 0. The number of carbonyl (C=O) groups is 1. The van der Waals surface area contributed by atoms with Gasteiger partial charge in [-0.05, 0) is 64.3 Å². The van der Waals surface area contributed by atoms with Gasteiger partial charge in [-0.25, -0.2) is 4.79 Å². The Hall–Kier alpha value is -1.75. The second-order valence-electron chi connectivity index (χ2n) is 7.05. The molecule has 1 aromatic carbocycles. The SMILES string of the molecule is COCCC(C)Nc1ccc2c(c1)CCN2C(=O)OC(C)(C)C. The minimum atomic E-state index is -0.474. The van der Waals surface area contributed by atoms with Crippen molar-refractivity contribution < 1.29 is 14.3 Å². The summed E-state index contributed by atoms with van der Waals surface area (Å²) in [6.07, 6.45) is 1.54. The zero-order valence-electron chi connectivity index (χ0n) is 14.8. The van der Waals surface area contributed by atoms with Gasteiger partial charge >= 0.3 is 6.09 Å². The molecule has 2 rings (SSSR count). The number of hydrogen-bond acceptors (Lipinski definition) is 4. The lowest BCUT2D eigenvalue weighted by Crippen LogP contribution is -2.35. The Kier molecular flexibility index (Phi) is 5.52. The van der Waals surface area contributed by atoms with E-state index in [0.29, 0.717) is 12.6 Å². The first-order valence-electron chi connectivity index (χ1n) is 8.19. The summed E-state index contributed by atoms with van der Waals surface area (Å²) in [6, 6.07) is 6.49. The molecule has 0 radical (unpaired) electrons. The molecule has 1 atom stereocenters. The van der Waals surface area contributed by atoms with E-state index in [1.54, 1.807) is 12.0 Å². The van der Waals surface area contributed by atoms with Gasteiger partial charge in [0.05, 0.1) is 5.69 Å². The highest BCUT2D eigenvalue weighted by molar-refractivity contribution is 5.91. The van der Waals surface area contributed by atoms with Crippen molar-refractivity contribution in [1.82, 2.24) is 0 Å². The van der Waals surface area contributed by atoms with Crippen LogP contribution in [0, 0.1) is 0 Å². The smallest absolute Gasteiger partial charge is 0.414 e. The molecule has 5 heteroatoms. The number of hydrogen-bond donors (Lipinski definition) is 1. The minimum Gasteiger partial charge on any atom is -0.443 e. The van der Waals surface area contributed by atoms with Crippen molar-refractivity contribution in [3.8, 4) is 0 Å². The maximum Gasteiger partial charge on any atom is 0.414 e. The summed E-state index contributed by atoms with van der Waals surface area (Å²) in [5.41, 5.74) is 2.74. The lowest BCUT2D eigenvalue weighted by atomic mass is 10.1. The topological polar surface area (TPSA) is 50.8 Å². The number of amides is 1. The highest BCUT2D eigenvalue weighted by Gasteiger charge is 2.28. The van der Waals surface area contributed by atoms with Gasteiger partial charge < -0.3 is 14.8 Å². The van der Waals surface area contributed by atoms with Crippen LogP contribution in [0.4, 0.5) is 16.2 Å². The first kappa shape index (κ1) is 17.6. The summed E-state index contributed by atoms with van der Waals surface area (Å²) in [6.45, 7) is 9.21. The molecule has 0 bridgehead atoms. The number of anilines is 2. The minimum absolute atomic E-state index is 0.273. The second-order valence-corrected chi connectivity index (χ2v) is 7.05. The molecule has 0 fully saturated rings. The lowest BCUT2D eigenvalue weighted by molar-refractivity contribution is 0.0584. The summed E-state index contributed by atoms with van der Waals surface area (Å²) in [4.78, 5) is 14.0. The monoisotopic (exact) mass is 320 g/mol. The molecule has 5 nitrogen and oxygen atoms in total. The molecule has 0 aromatic heterocycles. The van der Waals surface area contributed by atoms with Crippen LogP contribution in [0.2, 0.25) is 0 Å². The van der Waals surface area contributed by atoms with Gasteiger partial charge in [-0.3, -0.25) is 4.90 Å². The van der Waals surface area contributed by atoms with Crippen molar-refractivity contribution in [2.45, 2.75) is 52.2 Å². The van der Waals surface area contributed by atoms with E-state index in [-0.39, 0.29) is 6.09 Å². The number of benzene rings is 1. The molecule has 1 heterocycles. The van der Waals surface area contributed by atoms with Gasteiger partial charge in [0, 0.05) is 32.0 Å². The highest BCUT2D eigenvalue weighted by atomic mass is 16.6.